The highest BCUT2D eigenvalue weighted by atomic mass is 32.2. The molecule has 34 heavy (non-hydrogen) atoms. The molecule has 2 aromatic heterocycles. The van der Waals surface area contributed by atoms with Crippen molar-refractivity contribution in [2.45, 2.75) is 37.5 Å². The van der Waals surface area contributed by atoms with E-state index < -0.39 is 10.0 Å². The first kappa shape index (κ1) is 25.8. The molecule has 0 unspecified atom stereocenters. The maximum absolute atomic E-state index is 13.4. The van der Waals surface area contributed by atoms with Crippen LogP contribution in [0.25, 0.3) is 22.4 Å². The Balaban J connectivity index is 2.16. The summed E-state index contributed by atoms with van der Waals surface area (Å²) in [5.41, 5.74) is 1.42. The third-order valence-electron chi connectivity index (χ3n) is 5.44. The molecule has 0 spiro atoms. The van der Waals surface area contributed by atoms with Crippen molar-refractivity contribution in [3.8, 4) is 17.1 Å². The molecular formula is C22H31N5O6S. The molecule has 0 saturated heterocycles. The Morgan fingerprint density at radius 3 is 2.44 bits per heavy atom. The van der Waals surface area contributed by atoms with Crippen LogP contribution in [0.15, 0.2) is 27.9 Å². The van der Waals surface area contributed by atoms with Gasteiger partial charge in [-0.15, -0.1) is 0 Å². The number of aromatic amines is 1. The van der Waals surface area contributed by atoms with Gasteiger partial charge in [-0.2, -0.15) is 9.40 Å². The van der Waals surface area contributed by atoms with E-state index in [1.165, 1.54) is 34.3 Å². The van der Waals surface area contributed by atoms with E-state index in [-0.39, 0.29) is 55.4 Å². The number of ether oxygens (including phenoxy) is 1. The number of hydrogen-bond donors (Lipinski definition) is 3. The van der Waals surface area contributed by atoms with Crippen molar-refractivity contribution in [1.82, 2.24) is 24.1 Å². The van der Waals surface area contributed by atoms with Crippen LogP contribution in [0.5, 0.6) is 5.75 Å². The van der Waals surface area contributed by atoms with Crippen LogP contribution in [0.4, 0.5) is 0 Å². The number of aliphatic hydroxyl groups is 2. The van der Waals surface area contributed by atoms with Crippen LogP contribution in [0.1, 0.15) is 31.9 Å². The maximum atomic E-state index is 13.4. The third kappa shape index (κ3) is 5.14. The summed E-state index contributed by atoms with van der Waals surface area (Å²) in [5.74, 6) is 0.522. The van der Waals surface area contributed by atoms with Crippen molar-refractivity contribution in [1.29, 1.82) is 0 Å². The molecule has 0 saturated carbocycles. The Morgan fingerprint density at radius 1 is 1.18 bits per heavy atom. The van der Waals surface area contributed by atoms with Crippen molar-refractivity contribution >= 4 is 21.1 Å². The number of aryl methyl sites for hydroxylation is 2. The van der Waals surface area contributed by atoms with Crippen molar-refractivity contribution < 1.29 is 23.4 Å². The molecule has 0 aliphatic heterocycles. The minimum atomic E-state index is -3.95. The quantitative estimate of drug-likeness (QED) is 0.339. The summed E-state index contributed by atoms with van der Waals surface area (Å²) in [7, 11) is -0.818. The molecule has 0 amide bonds. The monoisotopic (exact) mass is 493 g/mol. The minimum Gasteiger partial charge on any atom is -0.496 e. The number of H-pyrrole nitrogens is 1. The van der Waals surface area contributed by atoms with Gasteiger partial charge >= 0.3 is 0 Å². The number of nitrogens with zero attached hydrogens (tertiary/aromatic N) is 4. The van der Waals surface area contributed by atoms with Gasteiger partial charge in [-0.05, 0) is 37.5 Å². The number of aliphatic hydroxyl groups excluding tert-OH is 2. The van der Waals surface area contributed by atoms with Crippen LogP contribution >= 0.6 is 0 Å². The van der Waals surface area contributed by atoms with Crippen LogP contribution in [-0.2, 0) is 23.5 Å². The molecule has 0 radical (unpaired) electrons. The maximum Gasteiger partial charge on any atom is 0.277 e. The summed E-state index contributed by atoms with van der Waals surface area (Å²) in [6.45, 7) is 1.91. The third-order valence-corrected chi connectivity index (χ3v) is 7.34. The molecule has 0 aliphatic carbocycles. The number of rotatable bonds is 12. The van der Waals surface area contributed by atoms with Gasteiger partial charge in [-0.3, -0.25) is 9.48 Å². The first-order valence-electron chi connectivity index (χ1n) is 11.1. The van der Waals surface area contributed by atoms with E-state index in [0.29, 0.717) is 34.5 Å². The molecule has 12 heteroatoms. The van der Waals surface area contributed by atoms with Crippen LogP contribution in [0.3, 0.4) is 0 Å². The Kier molecular flexibility index (Phi) is 8.42. The molecule has 11 nitrogen and oxygen atoms in total. The number of nitrogens with one attached hydrogen (secondary N) is 1. The number of fused-ring (bicyclic) bond motifs is 1. The Hall–Kier alpha value is -2.80. The summed E-state index contributed by atoms with van der Waals surface area (Å²) >= 11 is 0. The molecule has 0 fully saturated rings. The first-order valence-corrected chi connectivity index (χ1v) is 12.6. The number of methoxy groups -OCH3 is 1. The summed E-state index contributed by atoms with van der Waals surface area (Å²) in [6, 6.07) is 4.35. The second-order valence-electron chi connectivity index (χ2n) is 7.85. The highest BCUT2D eigenvalue weighted by Crippen LogP contribution is 2.32. The summed E-state index contributed by atoms with van der Waals surface area (Å²) in [4.78, 5) is 20.2. The number of sulfonamides is 1. The standard InChI is InChI=1S/C22H31N5O6S/c1-4-7-17-19-20(26(2)25-17)22(30)24-21(23-19)16-14-15(8-9-18(16)33-3)34(31,32)27(10-5-12-28)11-6-13-29/h8-9,14,28-29H,4-7,10-13H2,1-3H3,(H,23,24,30). The lowest BCUT2D eigenvalue weighted by Crippen LogP contribution is -2.34. The molecule has 0 bridgehead atoms. The van der Waals surface area contributed by atoms with Gasteiger partial charge in [0.15, 0.2) is 5.52 Å². The SMILES string of the molecule is CCCc1nn(C)c2c(=O)[nH]c(-c3cc(S(=O)(=O)N(CCCO)CCCO)ccc3OC)nc12. The number of aromatic nitrogens is 4. The van der Waals surface area contributed by atoms with Crippen molar-refractivity contribution in [3.05, 3.63) is 34.2 Å². The van der Waals surface area contributed by atoms with Crippen LogP contribution < -0.4 is 10.3 Å². The zero-order valence-electron chi connectivity index (χ0n) is 19.6. The molecular weight excluding hydrogens is 462 g/mol. The van der Waals surface area contributed by atoms with Crippen molar-refractivity contribution in [3.63, 3.8) is 0 Å². The van der Waals surface area contributed by atoms with E-state index >= 15 is 0 Å². The topological polar surface area (TPSA) is 151 Å². The number of benzene rings is 1. The first-order chi connectivity index (χ1) is 16.3. The second-order valence-corrected chi connectivity index (χ2v) is 9.79. The molecule has 0 atom stereocenters. The van der Waals surface area contributed by atoms with Gasteiger partial charge < -0.3 is 19.9 Å². The average molecular weight is 494 g/mol. The van der Waals surface area contributed by atoms with Crippen LogP contribution in [-0.4, -0.2) is 76.1 Å². The zero-order valence-corrected chi connectivity index (χ0v) is 20.4. The fraction of sp³-hybridized carbons (Fsp3) is 0.500. The van der Waals surface area contributed by atoms with Gasteiger partial charge in [0.1, 0.15) is 17.1 Å². The highest BCUT2D eigenvalue weighted by molar-refractivity contribution is 7.89. The lowest BCUT2D eigenvalue weighted by molar-refractivity contribution is 0.250. The van der Waals surface area contributed by atoms with E-state index in [4.69, 9.17) is 4.74 Å². The Labute approximate surface area is 198 Å². The predicted molar refractivity (Wildman–Crippen MR) is 127 cm³/mol. The van der Waals surface area contributed by atoms with E-state index in [0.717, 1.165) is 6.42 Å². The largest absolute Gasteiger partial charge is 0.496 e. The van der Waals surface area contributed by atoms with Gasteiger partial charge in [0.25, 0.3) is 5.56 Å². The van der Waals surface area contributed by atoms with Gasteiger partial charge in [0.05, 0.1) is 23.3 Å². The zero-order chi connectivity index (χ0) is 24.9. The van der Waals surface area contributed by atoms with Crippen molar-refractivity contribution in [2.75, 3.05) is 33.4 Å². The molecule has 3 N–H and O–H groups in total. The number of hydrogen-bond acceptors (Lipinski definition) is 8. The van der Waals surface area contributed by atoms with E-state index in [2.05, 4.69) is 15.1 Å². The molecule has 186 valence electrons. The summed E-state index contributed by atoms with van der Waals surface area (Å²) < 4.78 is 34.9. The Bertz CT molecular complexity index is 1290. The molecule has 0 aliphatic rings. The summed E-state index contributed by atoms with van der Waals surface area (Å²) in [6.07, 6.45) is 1.99. The molecule has 3 aromatic rings. The van der Waals surface area contributed by atoms with E-state index in [1.807, 2.05) is 6.92 Å². The molecule has 1 aromatic carbocycles. The Morgan fingerprint density at radius 2 is 1.85 bits per heavy atom. The summed E-state index contributed by atoms with van der Waals surface area (Å²) in [5, 5.41) is 22.8. The predicted octanol–water partition coefficient (Wildman–Crippen LogP) is 1.04. The van der Waals surface area contributed by atoms with Gasteiger partial charge in [-0.25, -0.2) is 13.4 Å². The van der Waals surface area contributed by atoms with Crippen LogP contribution in [0.2, 0.25) is 0 Å². The lowest BCUT2D eigenvalue weighted by atomic mass is 10.1. The molecule has 3 rings (SSSR count). The fourth-order valence-electron chi connectivity index (χ4n) is 3.81. The normalized spacial score (nSPS) is 12.1. The smallest absolute Gasteiger partial charge is 0.277 e. The van der Waals surface area contributed by atoms with Gasteiger partial charge in [-0.1, -0.05) is 13.3 Å². The minimum absolute atomic E-state index is 0.0121. The van der Waals surface area contributed by atoms with Gasteiger partial charge in [0, 0.05) is 33.4 Å². The van der Waals surface area contributed by atoms with Crippen molar-refractivity contribution in [2.24, 2.45) is 7.05 Å². The van der Waals surface area contributed by atoms with E-state index in [1.54, 1.807) is 7.05 Å². The van der Waals surface area contributed by atoms with E-state index in [9.17, 15) is 23.4 Å². The second kappa shape index (κ2) is 11.1. The lowest BCUT2D eigenvalue weighted by Gasteiger charge is -2.22. The molecule has 2 heterocycles. The van der Waals surface area contributed by atoms with Crippen LogP contribution in [0, 0.1) is 0 Å². The fourth-order valence-corrected chi connectivity index (χ4v) is 5.35. The van der Waals surface area contributed by atoms with Gasteiger partial charge in [0.2, 0.25) is 10.0 Å². The average Bonchev–Trinajstić information content (AvgIpc) is 3.14. The highest BCUT2D eigenvalue weighted by Gasteiger charge is 2.26.